The Morgan fingerprint density at radius 2 is 2.00 bits per heavy atom. The molecule has 0 bridgehead atoms. The molecular weight excluding hydrogens is 268 g/mol. The third-order valence-electron chi connectivity index (χ3n) is 4.73. The van der Waals surface area contributed by atoms with Gasteiger partial charge in [-0.1, -0.05) is 30.3 Å². The second-order valence-electron chi connectivity index (χ2n) is 6.15. The molecule has 21 heavy (non-hydrogen) atoms. The summed E-state index contributed by atoms with van der Waals surface area (Å²) in [5.74, 6) is -1.12. The van der Waals surface area contributed by atoms with Crippen LogP contribution in [0.1, 0.15) is 31.2 Å². The van der Waals surface area contributed by atoms with E-state index in [1.54, 1.807) is 0 Å². The summed E-state index contributed by atoms with van der Waals surface area (Å²) in [4.78, 5) is 25.7. The largest absolute Gasteiger partial charge is 0.480 e. The highest BCUT2D eigenvalue weighted by atomic mass is 16.4. The summed E-state index contributed by atoms with van der Waals surface area (Å²) in [5.41, 5.74) is 6.40. The van der Waals surface area contributed by atoms with E-state index in [2.05, 4.69) is 0 Å². The van der Waals surface area contributed by atoms with E-state index in [4.69, 9.17) is 5.73 Å². The molecule has 3 atom stereocenters. The van der Waals surface area contributed by atoms with E-state index in [-0.39, 0.29) is 11.9 Å². The van der Waals surface area contributed by atoms with Crippen molar-refractivity contribution in [1.82, 2.24) is 4.90 Å². The summed E-state index contributed by atoms with van der Waals surface area (Å²) < 4.78 is 0. The van der Waals surface area contributed by atoms with Crippen molar-refractivity contribution in [2.45, 2.75) is 49.7 Å². The van der Waals surface area contributed by atoms with Gasteiger partial charge in [0, 0.05) is 6.04 Å². The van der Waals surface area contributed by atoms with Gasteiger partial charge in [0.25, 0.3) is 0 Å². The molecule has 2 aliphatic rings. The van der Waals surface area contributed by atoms with Gasteiger partial charge < -0.3 is 15.7 Å². The number of nitrogens with zero attached hydrogens (tertiary/aromatic N) is 1. The number of hydrogen-bond acceptors (Lipinski definition) is 3. The minimum atomic E-state index is -0.976. The third kappa shape index (κ3) is 2.42. The molecule has 0 spiro atoms. The quantitative estimate of drug-likeness (QED) is 0.874. The number of carboxylic acids is 1. The fourth-order valence-electron chi connectivity index (χ4n) is 3.63. The molecule has 1 aromatic carbocycles. The maximum atomic E-state index is 12.8. The summed E-state index contributed by atoms with van der Waals surface area (Å²) in [6.07, 6.45) is 3.17. The first-order valence-electron chi connectivity index (χ1n) is 7.40. The number of carbonyl (C=O) groups is 2. The number of carbonyl (C=O) groups excluding carboxylic acids is 1. The van der Waals surface area contributed by atoms with Gasteiger partial charge >= 0.3 is 5.97 Å². The number of carboxylic acid groups (broad SMARTS) is 1. The van der Waals surface area contributed by atoms with Crippen LogP contribution in [0.15, 0.2) is 30.3 Å². The van der Waals surface area contributed by atoms with Crippen molar-refractivity contribution in [1.29, 1.82) is 0 Å². The molecule has 2 heterocycles. The summed E-state index contributed by atoms with van der Waals surface area (Å²) in [6, 6.07) is 9.01. The Morgan fingerprint density at radius 1 is 1.29 bits per heavy atom. The fourth-order valence-corrected chi connectivity index (χ4v) is 3.63. The number of piperidine rings is 1. The zero-order valence-corrected chi connectivity index (χ0v) is 11.9. The van der Waals surface area contributed by atoms with Crippen LogP contribution in [0.2, 0.25) is 0 Å². The number of rotatable bonds is 3. The van der Waals surface area contributed by atoms with Gasteiger partial charge in [-0.3, -0.25) is 4.79 Å². The minimum absolute atomic E-state index is 0.0473. The minimum Gasteiger partial charge on any atom is -0.480 e. The van der Waals surface area contributed by atoms with Gasteiger partial charge in [0.2, 0.25) is 5.91 Å². The van der Waals surface area contributed by atoms with Gasteiger partial charge in [0.1, 0.15) is 6.04 Å². The summed E-state index contributed by atoms with van der Waals surface area (Å²) >= 11 is 0. The molecule has 3 rings (SSSR count). The van der Waals surface area contributed by atoms with Crippen LogP contribution in [0.4, 0.5) is 0 Å². The molecule has 2 saturated heterocycles. The Balaban J connectivity index is 1.84. The summed E-state index contributed by atoms with van der Waals surface area (Å²) in [6.45, 7) is 0. The molecule has 1 amide bonds. The Bertz CT molecular complexity index is 560. The van der Waals surface area contributed by atoms with Crippen LogP contribution in [-0.4, -0.2) is 39.5 Å². The molecule has 5 heteroatoms. The van der Waals surface area contributed by atoms with Crippen LogP contribution < -0.4 is 5.73 Å². The summed E-state index contributed by atoms with van der Waals surface area (Å²) in [5, 5.41) is 9.30. The van der Waals surface area contributed by atoms with Gasteiger partial charge in [-0.15, -0.1) is 0 Å². The van der Waals surface area contributed by atoms with Crippen molar-refractivity contribution >= 4 is 11.9 Å². The van der Waals surface area contributed by atoms with Crippen LogP contribution >= 0.6 is 0 Å². The molecule has 0 aromatic heterocycles. The Kier molecular flexibility index (Phi) is 3.45. The lowest BCUT2D eigenvalue weighted by molar-refractivity contribution is -0.154. The van der Waals surface area contributed by atoms with Gasteiger partial charge in [-0.25, -0.2) is 4.79 Å². The van der Waals surface area contributed by atoms with Crippen LogP contribution in [-0.2, 0) is 16.0 Å². The third-order valence-corrected chi connectivity index (χ3v) is 4.73. The normalized spacial score (nSPS) is 32.0. The smallest absolute Gasteiger partial charge is 0.326 e. The zero-order chi connectivity index (χ0) is 15.0. The maximum Gasteiger partial charge on any atom is 0.326 e. The van der Waals surface area contributed by atoms with E-state index < -0.39 is 17.6 Å². The molecule has 2 aliphatic heterocycles. The maximum absolute atomic E-state index is 12.8. The Hall–Kier alpha value is -1.88. The Labute approximate surface area is 123 Å². The zero-order valence-electron chi connectivity index (χ0n) is 11.9. The number of amides is 1. The number of fused-ring (bicyclic) bond motifs is 1. The van der Waals surface area contributed by atoms with Gasteiger partial charge in [-0.2, -0.15) is 0 Å². The van der Waals surface area contributed by atoms with E-state index in [1.165, 1.54) is 4.90 Å². The fraction of sp³-hybridized carbons (Fsp3) is 0.500. The van der Waals surface area contributed by atoms with Crippen molar-refractivity contribution in [2.75, 3.05) is 0 Å². The van der Waals surface area contributed by atoms with E-state index in [9.17, 15) is 14.7 Å². The Morgan fingerprint density at radius 3 is 2.67 bits per heavy atom. The van der Waals surface area contributed by atoms with Crippen LogP contribution in [0, 0.1) is 0 Å². The van der Waals surface area contributed by atoms with E-state index in [1.807, 2.05) is 30.3 Å². The number of aliphatic carboxylic acids is 1. The molecular formula is C16H20N2O3. The van der Waals surface area contributed by atoms with Crippen LogP contribution in [0.3, 0.4) is 0 Å². The second-order valence-corrected chi connectivity index (χ2v) is 6.15. The number of nitrogens with two attached hydrogens (primary N) is 1. The van der Waals surface area contributed by atoms with Gasteiger partial charge in [0.05, 0.1) is 5.54 Å². The molecule has 112 valence electrons. The van der Waals surface area contributed by atoms with Crippen molar-refractivity contribution in [3.05, 3.63) is 35.9 Å². The lowest BCUT2D eigenvalue weighted by Gasteiger charge is -2.42. The van der Waals surface area contributed by atoms with Crippen LogP contribution in [0.5, 0.6) is 0 Å². The number of hydrogen-bond donors (Lipinski definition) is 2. The standard InChI is InChI=1S/C16H20N2O3/c17-16(10-11-4-2-1-3-5-11)9-8-12-6-7-13(14(19)20)18(12)15(16)21/h1-5,12-13H,6-10,17H2,(H,19,20)/t12-,13+,16+/m1/s1. The van der Waals surface area contributed by atoms with Crippen LogP contribution in [0.25, 0.3) is 0 Å². The van der Waals surface area contributed by atoms with E-state index in [0.29, 0.717) is 19.3 Å². The highest BCUT2D eigenvalue weighted by Gasteiger charge is 2.51. The van der Waals surface area contributed by atoms with Crippen molar-refractivity contribution < 1.29 is 14.7 Å². The molecule has 0 saturated carbocycles. The van der Waals surface area contributed by atoms with Gasteiger partial charge in [0.15, 0.2) is 0 Å². The molecule has 0 aliphatic carbocycles. The molecule has 0 radical (unpaired) electrons. The predicted octanol–water partition coefficient (Wildman–Crippen LogP) is 1.16. The average Bonchev–Trinajstić information content (AvgIpc) is 2.89. The molecule has 0 unspecified atom stereocenters. The summed E-state index contributed by atoms with van der Waals surface area (Å²) in [7, 11) is 0. The predicted molar refractivity (Wildman–Crippen MR) is 77.6 cm³/mol. The number of benzene rings is 1. The van der Waals surface area contributed by atoms with Crippen molar-refractivity contribution in [3.8, 4) is 0 Å². The first kappa shape index (κ1) is 14.1. The lowest BCUT2D eigenvalue weighted by atomic mass is 9.81. The van der Waals surface area contributed by atoms with E-state index >= 15 is 0 Å². The van der Waals surface area contributed by atoms with Crippen molar-refractivity contribution in [3.63, 3.8) is 0 Å². The SMILES string of the molecule is N[C@]1(Cc2ccccc2)CC[C@H]2CC[C@@H](C(=O)O)N2C1=O. The highest BCUT2D eigenvalue weighted by molar-refractivity contribution is 5.91. The molecule has 2 fully saturated rings. The lowest BCUT2D eigenvalue weighted by Crippen LogP contribution is -2.64. The van der Waals surface area contributed by atoms with Gasteiger partial charge in [-0.05, 0) is 37.7 Å². The molecule has 5 nitrogen and oxygen atoms in total. The highest BCUT2D eigenvalue weighted by Crippen LogP contribution is 2.37. The first-order chi connectivity index (χ1) is 10.0. The molecule has 1 aromatic rings. The van der Waals surface area contributed by atoms with Crippen molar-refractivity contribution in [2.24, 2.45) is 5.73 Å². The average molecular weight is 288 g/mol. The van der Waals surface area contributed by atoms with E-state index in [0.717, 1.165) is 18.4 Å². The second kappa shape index (κ2) is 5.15. The first-order valence-corrected chi connectivity index (χ1v) is 7.40. The topological polar surface area (TPSA) is 83.6 Å². The molecule has 3 N–H and O–H groups in total. The monoisotopic (exact) mass is 288 g/mol.